The molecule has 4 nitrogen and oxygen atoms in total. The van der Waals surface area contributed by atoms with Crippen LogP contribution < -0.4 is 4.90 Å². The topological polar surface area (TPSA) is 30.3 Å². The van der Waals surface area contributed by atoms with Gasteiger partial charge in [-0.1, -0.05) is 0 Å². The molecule has 16 heavy (non-hydrogen) atoms. The maximum Gasteiger partial charge on any atom is 0.130 e. The van der Waals surface area contributed by atoms with Gasteiger partial charge in [-0.25, -0.2) is 0 Å². The van der Waals surface area contributed by atoms with Crippen molar-refractivity contribution >= 4 is 21.7 Å². The van der Waals surface area contributed by atoms with Crippen LogP contribution in [0.1, 0.15) is 12.8 Å². The summed E-state index contributed by atoms with van der Waals surface area (Å²) in [5.41, 5.74) is 0.506. The quantitative estimate of drug-likeness (QED) is 0.788. The third-order valence-electron chi connectivity index (χ3n) is 3.79. The van der Waals surface area contributed by atoms with Crippen LogP contribution in [0.15, 0.2) is 10.7 Å². The minimum Gasteiger partial charge on any atom is -0.380 e. The van der Waals surface area contributed by atoms with Crippen LogP contribution in [0.4, 0.5) is 5.82 Å². The minimum absolute atomic E-state index is 0.506. The Bertz CT molecular complexity index is 390. The molecule has 3 rings (SSSR count). The van der Waals surface area contributed by atoms with E-state index in [1.165, 1.54) is 18.7 Å². The standard InChI is InChI=1S/C11H16BrN3O/c1-14-10(6-9(12)13-14)15-4-2-11(3-5-15)7-16-8-11/h6H,2-5,7-8H2,1H3. The molecule has 2 saturated heterocycles. The van der Waals surface area contributed by atoms with E-state index < -0.39 is 0 Å². The molecule has 0 aliphatic carbocycles. The van der Waals surface area contributed by atoms with Crippen molar-refractivity contribution in [2.24, 2.45) is 12.5 Å². The van der Waals surface area contributed by atoms with Gasteiger partial charge in [-0.2, -0.15) is 5.10 Å². The molecule has 0 atom stereocenters. The van der Waals surface area contributed by atoms with Crippen LogP contribution in [-0.2, 0) is 11.8 Å². The lowest BCUT2D eigenvalue weighted by Gasteiger charge is -2.47. The van der Waals surface area contributed by atoms with Crippen molar-refractivity contribution in [3.63, 3.8) is 0 Å². The molecule has 2 aliphatic heterocycles. The van der Waals surface area contributed by atoms with Crippen molar-refractivity contribution in [3.05, 3.63) is 10.7 Å². The normalized spacial score (nSPS) is 23.5. The van der Waals surface area contributed by atoms with Crippen LogP contribution in [0.3, 0.4) is 0 Å². The Morgan fingerprint density at radius 1 is 1.38 bits per heavy atom. The average molecular weight is 286 g/mol. The third-order valence-corrected chi connectivity index (χ3v) is 4.18. The van der Waals surface area contributed by atoms with Gasteiger partial charge in [0.05, 0.1) is 13.2 Å². The Morgan fingerprint density at radius 2 is 2.06 bits per heavy atom. The summed E-state index contributed by atoms with van der Waals surface area (Å²) in [7, 11) is 2.00. The molecule has 3 heterocycles. The average Bonchev–Trinajstić information content (AvgIpc) is 2.56. The van der Waals surface area contributed by atoms with Crippen LogP contribution in [0.5, 0.6) is 0 Å². The predicted molar refractivity (Wildman–Crippen MR) is 65.6 cm³/mol. The van der Waals surface area contributed by atoms with Gasteiger partial charge in [-0.15, -0.1) is 0 Å². The van der Waals surface area contributed by atoms with Gasteiger partial charge in [-0.05, 0) is 28.8 Å². The minimum atomic E-state index is 0.506. The maximum atomic E-state index is 5.34. The highest BCUT2D eigenvalue weighted by Gasteiger charge is 2.41. The molecule has 0 bridgehead atoms. The monoisotopic (exact) mass is 285 g/mol. The fourth-order valence-electron chi connectivity index (χ4n) is 2.61. The van der Waals surface area contributed by atoms with E-state index >= 15 is 0 Å². The van der Waals surface area contributed by atoms with E-state index in [0.717, 1.165) is 30.9 Å². The van der Waals surface area contributed by atoms with Crippen LogP contribution in [-0.4, -0.2) is 36.1 Å². The van der Waals surface area contributed by atoms with Crippen LogP contribution in [0.25, 0.3) is 0 Å². The molecule has 1 aromatic heterocycles. The second-order valence-corrected chi connectivity index (χ2v) is 5.74. The molecule has 2 fully saturated rings. The van der Waals surface area contributed by atoms with Gasteiger partial charge in [0, 0.05) is 31.6 Å². The summed E-state index contributed by atoms with van der Waals surface area (Å²) in [5.74, 6) is 1.21. The van der Waals surface area contributed by atoms with Gasteiger partial charge in [0.1, 0.15) is 10.4 Å². The zero-order valence-corrected chi connectivity index (χ0v) is 11.0. The Labute approximate surface area is 104 Å². The van der Waals surface area contributed by atoms with E-state index in [-0.39, 0.29) is 0 Å². The molecule has 0 aromatic carbocycles. The smallest absolute Gasteiger partial charge is 0.130 e. The van der Waals surface area contributed by atoms with Crippen molar-refractivity contribution in [3.8, 4) is 0 Å². The highest BCUT2D eigenvalue weighted by molar-refractivity contribution is 9.10. The molecule has 0 amide bonds. The predicted octanol–water partition coefficient (Wildman–Crippen LogP) is 1.80. The van der Waals surface area contributed by atoms with Gasteiger partial charge in [0.15, 0.2) is 0 Å². The lowest BCUT2D eigenvalue weighted by atomic mass is 9.77. The molecular formula is C11H16BrN3O. The first-order valence-electron chi connectivity index (χ1n) is 5.71. The summed E-state index contributed by atoms with van der Waals surface area (Å²) < 4.78 is 8.20. The van der Waals surface area contributed by atoms with Crippen molar-refractivity contribution in [2.75, 3.05) is 31.2 Å². The van der Waals surface area contributed by atoms with Gasteiger partial charge in [0.2, 0.25) is 0 Å². The van der Waals surface area contributed by atoms with Gasteiger partial charge in [-0.3, -0.25) is 4.68 Å². The molecule has 1 aromatic rings. The molecule has 88 valence electrons. The van der Waals surface area contributed by atoms with E-state index in [4.69, 9.17) is 4.74 Å². The van der Waals surface area contributed by atoms with Gasteiger partial charge >= 0.3 is 0 Å². The van der Waals surface area contributed by atoms with E-state index in [0.29, 0.717) is 5.41 Å². The molecule has 0 radical (unpaired) electrons. The first kappa shape index (κ1) is 10.6. The highest BCUT2D eigenvalue weighted by Crippen LogP contribution is 2.39. The summed E-state index contributed by atoms with van der Waals surface area (Å²) in [6.45, 7) is 4.18. The molecular weight excluding hydrogens is 270 g/mol. The summed E-state index contributed by atoms with van der Waals surface area (Å²) in [6.07, 6.45) is 2.49. The molecule has 0 N–H and O–H groups in total. The summed E-state index contributed by atoms with van der Waals surface area (Å²) in [6, 6.07) is 2.09. The van der Waals surface area contributed by atoms with Crippen molar-refractivity contribution in [2.45, 2.75) is 12.8 Å². The van der Waals surface area contributed by atoms with Crippen molar-refractivity contribution in [1.82, 2.24) is 9.78 Å². The van der Waals surface area contributed by atoms with E-state index in [1.54, 1.807) is 0 Å². The second-order valence-electron chi connectivity index (χ2n) is 4.93. The fourth-order valence-corrected chi connectivity index (χ4v) is 3.05. The van der Waals surface area contributed by atoms with Crippen LogP contribution in [0, 0.1) is 5.41 Å². The zero-order chi connectivity index (χ0) is 11.2. The Balaban J connectivity index is 1.71. The highest BCUT2D eigenvalue weighted by atomic mass is 79.9. The lowest BCUT2D eigenvalue weighted by Crippen LogP contribution is -2.51. The number of aromatic nitrogens is 2. The number of halogens is 1. The number of aryl methyl sites for hydroxylation is 1. The first-order chi connectivity index (χ1) is 7.69. The molecule has 0 saturated carbocycles. The summed E-state index contributed by atoms with van der Waals surface area (Å²) in [5, 5.41) is 4.32. The number of piperidine rings is 1. The van der Waals surface area contributed by atoms with Gasteiger partial charge in [0.25, 0.3) is 0 Å². The number of anilines is 1. The third kappa shape index (κ3) is 1.66. The second kappa shape index (κ2) is 3.74. The van der Waals surface area contributed by atoms with Gasteiger partial charge < -0.3 is 9.64 Å². The number of nitrogens with zero attached hydrogens (tertiary/aromatic N) is 3. The maximum absolute atomic E-state index is 5.34. The van der Waals surface area contributed by atoms with Crippen LogP contribution in [0.2, 0.25) is 0 Å². The number of hydrogen-bond acceptors (Lipinski definition) is 3. The zero-order valence-electron chi connectivity index (χ0n) is 9.45. The summed E-state index contributed by atoms with van der Waals surface area (Å²) >= 11 is 3.42. The fraction of sp³-hybridized carbons (Fsp3) is 0.727. The number of ether oxygens (including phenoxy) is 1. The molecule has 0 unspecified atom stereocenters. The SMILES string of the molecule is Cn1nc(Br)cc1N1CCC2(CC1)COC2. The Hall–Kier alpha value is -0.550. The molecule has 5 heteroatoms. The number of rotatable bonds is 1. The van der Waals surface area contributed by atoms with Crippen molar-refractivity contribution in [1.29, 1.82) is 0 Å². The lowest BCUT2D eigenvalue weighted by molar-refractivity contribution is -0.124. The summed E-state index contributed by atoms with van der Waals surface area (Å²) in [4.78, 5) is 2.42. The molecule has 1 spiro atoms. The Morgan fingerprint density at radius 3 is 2.50 bits per heavy atom. The molecule has 2 aliphatic rings. The van der Waals surface area contributed by atoms with Crippen molar-refractivity contribution < 1.29 is 4.74 Å². The largest absolute Gasteiger partial charge is 0.380 e. The number of hydrogen-bond donors (Lipinski definition) is 0. The van der Waals surface area contributed by atoms with E-state index in [1.807, 2.05) is 11.7 Å². The van der Waals surface area contributed by atoms with E-state index in [2.05, 4.69) is 32.0 Å². The first-order valence-corrected chi connectivity index (χ1v) is 6.50. The Kier molecular flexibility index (Phi) is 2.47. The van der Waals surface area contributed by atoms with E-state index in [9.17, 15) is 0 Å². The van der Waals surface area contributed by atoms with Crippen LogP contribution >= 0.6 is 15.9 Å².